The molecule has 1 aromatic rings. The van der Waals surface area contributed by atoms with Crippen LogP contribution >= 0.6 is 0 Å². The minimum atomic E-state index is -1.06. The lowest BCUT2D eigenvalue weighted by molar-refractivity contribution is -0.154. The van der Waals surface area contributed by atoms with Crippen molar-refractivity contribution in [1.29, 1.82) is 0 Å². The fraction of sp³-hybridized carbons (Fsp3) is 0.333. The molecule has 0 aliphatic heterocycles. The Labute approximate surface area is 99.3 Å². The predicted molar refractivity (Wildman–Crippen MR) is 59.8 cm³/mol. The van der Waals surface area contributed by atoms with Crippen LogP contribution in [0.3, 0.4) is 0 Å². The van der Waals surface area contributed by atoms with E-state index in [4.69, 9.17) is 4.74 Å². The van der Waals surface area contributed by atoms with Gasteiger partial charge in [-0.05, 0) is 17.7 Å². The summed E-state index contributed by atoms with van der Waals surface area (Å²) in [6.07, 6.45) is 0. The minimum absolute atomic E-state index is 0.504. The van der Waals surface area contributed by atoms with Crippen molar-refractivity contribution in [3.05, 3.63) is 29.8 Å². The van der Waals surface area contributed by atoms with Gasteiger partial charge in [-0.15, -0.1) is 0 Å². The summed E-state index contributed by atoms with van der Waals surface area (Å²) in [5, 5.41) is 0. The van der Waals surface area contributed by atoms with E-state index in [0.29, 0.717) is 11.3 Å². The van der Waals surface area contributed by atoms with Crippen molar-refractivity contribution in [3.63, 3.8) is 0 Å². The summed E-state index contributed by atoms with van der Waals surface area (Å²) in [7, 11) is 3.98. The van der Waals surface area contributed by atoms with E-state index < -0.39 is 17.9 Å². The van der Waals surface area contributed by atoms with Crippen molar-refractivity contribution >= 4 is 11.9 Å². The number of ether oxygens (including phenoxy) is 3. The third-order valence-corrected chi connectivity index (χ3v) is 2.32. The molecule has 1 rings (SSSR count). The van der Waals surface area contributed by atoms with Gasteiger partial charge < -0.3 is 14.2 Å². The molecule has 0 amide bonds. The van der Waals surface area contributed by atoms with Crippen LogP contribution in [0, 0.1) is 0 Å². The van der Waals surface area contributed by atoms with Gasteiger partial charge in [-0.3, -0.25) is 9.59 Å². The van der Waals surface area contributed by atoms with E-state index >= 15 is 0 Å². The molecule has 17 heavy (non-hydrogen) atoms. The van der Waals surface area contributed by atoms with Crippen molar-refractivity contribution in [2.24, 2.45) is 0 Å². The van der Waals surface area contributed by atoms with Crippen LogP contribution in [0.15, 0.2) is 24.3 Å². The average Bonchev–Trinajstić information content (AvgIpc) is 2.39. The predicted octanol–water partition coefficient (Wildman–Crippen LogP) is 1.12. The molecule has 0 aromatic heterocycles. The number of methoxy groups -OCH3 is 3. The molecule has 0 aliphatic carbocycles. The zero-order valence-corrected chi connectivity index (χ0v) is 9.93. The smallest absolute Gasteiger partial charge is 0.324 e. The summed E-state index contributed by atoms with van der Waals surface area (Å²) in [6, 6.07) is 6.57. The van der Waals surface area contributed by atoms with Crippen LogP contribution in [-0.2, 0) is 19.1 Å². The van der Waals surface area contributed by atoms with E-state index in [0.717, 1.165) is 0 Å². The van der Waals surface area contributed by atoms with Gasteiger partial charge in [0.15, 0.2) is 5.92 Å². The number of rotatable bonds is 4. The van der Waals surface area contributed by atoms with Gasteiger partial charge in [-0.25, -0.2) is 0 Å². The van der Waals surface area contributed by atoms with Gasteiger partial charge in [0.2, 0.25) is 0 Å². The first-order valence-electron chi connectivity index (χ1n) is 4.93. The van der Waals surface area contributed by atoms with Gasteiger partial charge in [0.25, 0.3) is 0 Å². The van der Waals surface area contributed by atoms with Crippen LogP contribution in [0.4, 0.5) is 0 Å². The maximum absolute atomic E-state index is 11.5. The highest BCUT2D eigenvalue weighted by molar-refractivity contribution is 6.00. The summed E-state index contributed by atoms with van der Waals surface area (Å²) in [5.41, 5.74) is 0.504. The summed E-state index contributed by atoms with van der Waals surface area (Å²) in [4.78, 5) is 23.0. The molecule has 0 atom stereocenters. The second-order valence-corrected chi connectivity index (χ2v) is 3.25. The Balaban J connectivity index is 3.04. The lowest BCUT2D eigenvalue weighted by Crippen LogP contribution is -2.24. The number of hydrogen-bond acceptors (Lipinski definition) is 5. The molecule has 0 saturated heterocycles. The first-order chi connectivity index (χ1) is 8.13. The van der Waals surface area contributed by atoms with Gasteiger partial charge in [0, 0.05) is 0 Å². The Kier molecular flexibility index (Phi) is 4.51. The zero-order valence-electron chi connectivity index (χ0n) is 9.93. The third-order valence-electron chi connectivity index (χ3n) is 2.32. The van der Waals surface area contributed by atoms with E-state index in [1.165, 1.54) is 21.3 Å². The number of carbonyl (C=O) groups excluding carboxylic acids is 2. The number of benzene rings is 1. The Morgan fingerprint density at radius 2 is 1.41 bits per heavy atom. The Morgan fingerprint density at radius 1 is 0.941 bits per heavy atom. The quantitative estimate of drug-likeness (QED) is 0.581. The van der Waals surface area contributed by atoms with Crippen LogP contribution in [0.2, 0.25) is 0 Å². The molecule has 0 fully saturated rings. The highest BCUT2D eigenvalue weighted by atomic mass is 16.5. The molecular weight excluding hydrogens is 224 g/mol. The van der Waals surface area contributed by atoms with E-state index in [-0.39, 0.29) is 0 Å². The van der Waals surface area contributed by atoms with Crippen LogP contribution in [0.1, 0.15) is 11.5 Å². The highest BCUT2D eigenvalue weighted by Crippen LogP contribution is 2.21. The summed E-state index contributed by atoms with van der Waals surface area (Å²) in [6.45, 7) is 0. The zero-order chi connectivity index (χ0) is 12.8. The fourth-order valence-electron chi connectivity index (χ4n) is 1.40. The Bertz CT molecular complexity index is 380. The number of carbonyl (C=O) groups is 2. The molecule has 0 unspecified atom stereocenters. The molecule has 5 heteroatoms. The van der Waals surface area contributed by atoms with Gasteiger partial charge in [0.1, 0.15) is 5.75 Å². The SMILES string of the molecule is COC(=O)C(C(=O)OC)c1ccc(OC)cc1. The lowest BCUT2D eigenvalue weighted by Gasteiger charge is -2.12. The molecule has 0 radical (unpaired) electrons. The van der Waals surface area contributed by atoms with Crippen molar-refractivity contribution in [1.82, 2.24) is 0 Å². The van der Waals surface area contributed by atoms with E-state index in [1.807, 2.05) is 0 Å². The first kappa shape index (κ1) is 13.0. The molecular formula is C12H14O5. The topological polar surface area (TPSA) is 61.8 Å². The Hall–Kier alpha value is -2.04. The van der Waals surface area contributed by atoms with Gasteiger partial charge in [0.05, 0.1) is 21.3 Å². The van der Waals surface area contributed by atoms with Gasteiger partial charge >= 0.3 is 11.9 Å². The van der Waals surface area contributed by atoms with E-state index in [9.17, 15) is 9.59 Å². The lowest BCUT2D eigenvalue weighted by atomic mass is 9.99. The van der Waals surface area contributed by atoms with Crippen molar-refractivity contribution in [2.45, 2.75) is 5.92 Å². The number of hydrogen-bond donors (Lipinski definition) is 0. The standard InChI is InChI=1S/C12H14O5/c1-15-9-6-4-8(5-7-9)10(11(13)16-2)12(14)17-3/h4-7,10H,1-3H3. The van der Waals surface area contributed by atoms with Crippen LogP contribution in [0.5, 0.6) is 5.75 Å². The van der Waals surface area contributed by atoms with Gasteiger partial charge in [-0.2, -0.15) is 0 Å². The van der Waals surface area contributed by atoms with Crippen LogP contribution in [-0.4, -0.2) is 33.3 Å². The molecule has 92 valence electrons. The molecule has 0 saturated carbocycles. The minimum Gasteiger partial charge on any atom is -0.497 e. The first-order valence-corrected chi connectivity index (χ1v) is 4.93. The van der Waals surface area contributed by atoms with Crippen molar-refractivity contribution < 1.29 is 23.8 Å². The Morgan fingerprint density at radius 3 is 1.76 bits per heavy atom. The molecule has 0 heterocycles. The maximum Gasteiger partial charge on any atom is 0.324 e. The molecule has 0 bridgehead atoms. The normalized spacial score (nSPS) is 9.88. The molecule has 0 aliphatic rings. The molecule has 0 N–H and O–H groups in total. The van der Waals surface area contributed by atoms with Crippen molar-refractivity contribution in [2.75, 3.05) is 21.3 Å². The molecule has 5 nitrogen and oxygen atoms in total. The summed E-state index contributed by atoms with van der Waals surface area (Å²) >= 11 is 0. The summed E-state index contributed by atoms with van der Waals surface area (Å²) < 4.78 is 14.1. The van der Waals surface area contributed by atoms with Crippen LogP contribution < -0.4 is 4.74 Å². The highest BCUT2D eigenvalue weighted by Gasteiger charge is 2.30. The average molecular weight is 238 g/mol. The van der Waals surface area contributed by atoms with E-state index in [2.05, 4.69) is 9.47 Å². The van der Waals surface area contributed by atoms with Crippen LogP contribution in [0.25, 0.3) is 0 Å². The third kappa shape index (κ3) is 2.96. The second-order valence-electron chi connectivity index (χ2n) is 3.25. The largest absolute Gasteiger partial charge is 0.497 e. The van der Waals surface area contributed by atoms with E-state index in [1.54, 1.807) is 24.3 Å². The number of esters is 2. The molecule has 1 aromatic carbocycles. The maximum atomic E-state index is 11.5. The second kappa shape index (κ2) is 5.89. The van der Waals surface area contributed by atoms with Gasteiger partial charge in [-0.1, -0.05) is 12.1 Å². The fourth-order valence-corrected chi connectivity index (χ4v) is 1.40. The summed E-state index contributed by atoms with van der Waals surface area (Å²) in [5.74, 6) is -1.72. The molecule has 0 spiro atoms. The monoisotopic (exact) mass is 238 g/mol. The van der Waals surface area contributed by atoms with Crippen molar-refractivity contribution in [3.8, 4) is 5.75 Å².